The largest absolute Gasteiger partial charge is 0.388 e. The van der Waals surface area contributed by atoms with E-state index in [1.807, 2.05) is 18.2 Å². The Kier molecular flexibility index (Phi) is 3.57. The Balaban J connectivity index is 2.41. The maximum atomic E-state index is 13.6. The van der Waals surface area contributed by atoms with Gasteiger partial charge in [0.15, 0.2) is 0 Å². The quantitative estimate of drug-likeness (QED) is 0.718. The first-order valence-corrected chi connectivity index (χ1v) is 5.59. The summed E-state index contributed by atoms with van der Waals surface area (Å²) in [5, 5.41) is 13.5. The lowest BCUT2D eigenvalue weighted by atomic mass is 10.1. The maximum Gasteiger partial charge on any atom is 0.146 e. The molecule has 3 N–H and O–H groups in total. The SMILES string of the molecule is CNc1cccc(Nc2ccccc2F)c1C=N. The number of halogens is 1. The molecule has 2 rings (SSSR count). The molecule has 0 aliphatic rings. The third-order valence-corrected chi connectivity index (χ3v) is 2.66. The van der Waals surface area contributed by atoms with E-state index < -0.39 is 0 Å². The minimum atomic E-state index is -0.316. The van der Waals surface area contributed by atoms with E-state index in [4.69, 9.17) is 5.41 Å². The third-order valence-electron chi connectivity index (χ3n) is 2.66. The molecule has 0 unspecified atom stereocenters. The summed E-state index contributed by atoms with van der Waals surface area (Å²) in [6.45, 7) is 0. The molecule has 2 aromatic carbocycles. The van der Waals surface area contributed by atoms with Crippen molar-refractivity contribution in [3.63, 3.8) is 0 Å². The zero-order chi connectivity index (χ0) is 13.0. The van der Waals surface area contributed by atoms with Crippen molar-refractivity contribution in [3.8, 4) is 0 Å². The van der Waals surface area contributed by atoms with Crippen molar-refractivity contribution >= 4 is 23.3 Å². The molecule has 0 atom stereocenters. The highest BCUT2D eigenvalue weighted by Gasteiger charge is 2.07. The van der Waals surface area contributed by atoms with E-state index in [-0.39, 0.29) is 5.82 Å². The molecule has 0 aliphatic heterocycles. The fraction of sp³-hybridized carbons (Fsp3) is 0.0714. The van der Waals surface area contributed by atoms with Gasteiger partial charge >= 0.3 is 0 Å². The number of hydrogen-bond donors (Lipinski definition) is 3. The van der Waals surface area contributed by atoms with Crippen LogP contribution in [0.25, 0.3) is 0 Å². The molecule has 18 heavy (non-hydrogen) atoms. The molecule has 0 radical (unpaired) electrons. The predicted molar refractivity (Wildman–Crippen MR) is 73.6 cm³/mol. The van der Waals surface area contributed by atoms with Crippen LogP contribution < -0.4 is 10.6 Å². The second-order valence-electron chi connectivity index (χ2n) is 3.77. The standard InChI is InChI=1S/C14H14FN3/c1-17-12-7-4-8-13(10(12)9-16)18-14-6-3-2-5-11(14)15/h2-9,16-18H,1H3. The Morgan fingerprint density at radius 2 is 1.67 bits per heavy atom. The molecule has 3 nitrogen and oxygen atoms in total. The monoisotopic (exact) mass is 243 g/mol. The van der Waals surface area contributed by atoms with Crippen LogP contribution in [-0.2, 0) is 0 Å². The minimum Gasteiger partial charge on any atom is -0.388 e. The number of hydrogen-bond acceptors (Lipinski definition) is 3. The zero-order valence-electron chi connectivity index (χ0n) is 10.00. The van der Waals surface area contributed by atoms with Crippen LogP contribution in [0.15, 0.2) is 42.5 Å². The Morgan fingerprint density at radius 3 is 2.33 bits per heavy atom. The summed E-state index contributed by atoms with van der Waals surface area (Å²) in [5.74, 6) is -0.316. The lowest BCUT2D eigenvalue weighted by Crippen LogP contribution is -2.01. The van der Waals surface area contributed by atoms with Crippen molar-refractivity contribution in [2.45, 2.75) is 0 Å². The van der Waals surface area contributed by atoms with E-state index in [0.29, 0.717) is 16.9 Å². The molecule has 2 aromatic rings. The van der Waals surface area contributed by atoms with Gasteiger partial charge in [-0.1, -0.05) is 18.2 Å². The Morgan fingerprint density at radius 1 is 1.00 bits per heavy atom. The molecule has 0 heterocycles. The summed E-state index contributed by atoms with van der Waals surface area (Å²) < 4.78 is 13.6. The predicted octanol–water partition coefficient (Wildman–Crippen LogP) is 3.61. The second-order valence-corrected chi connectivity index (χ2v) is 3.77. The average Bonchev–Trinajstić information content (AvgIpc) is 2.41. The molecule has 0 aliphatic carbocycles. The van der Waals surface area contributed by atoms with Gasteiger partial charge in [0.25, 0.3) is 0 Å². The average molecular weight is 243 g/mol. The van der Waals surface area contributed by atoms with Gasteiger partial charge in [-0.15, -0.1) is 0 Å². The summed E-state index contributed by atoms with van der Waals surface area (Å²) in [4.78, 5) is 0. The molecule has 0 bridgehead atoms. The van der Waals surface area contributed by atoms with Crippen molar-refractivity contribution in [2.75, 3.05) is 17.7 Å². The normalized spacial score (nSPS) is 9.89. The van der Waals surface area contributed by atoms with Crippen LogP contribution in [0.3, 0.4) is 0 Å². The highest BCUT2D eigenvalue weighted by atomic mass is 19.1. The van der Waals surface area contributed by atoms with Gasteiger partial charge in [-0.05, 0) is 24.3 Å². The zero-order valence-corrected chi connectivity index (χ0v) is 10.00. The third kappa shape index (κ3) is 2.32. The van der Waals surface area contributed by atoms with Crippen LogP contribution in [-0.4, -0.2) is 13.3 Å². The van der Waals surface area contributed by atoms with E-state index in [1.54, 1.807) is 25.2 Å². The van der Waals surface area contributed by atoms with Crippen LogP contribution in [0.1, 0.15) is 5.56 Å². The molecule has 0 saturated heterocycles. The molecule has 0 amide bonds. The number of nitrogens with one attached hydrogen (secondary N) is 3. The van der Waals surface area contributed by atoms with Gasteiger partial charge in [0.05, 0.1) is 5.69 Å². The van der Waals surface area contributed by atoms with Gasteiger partial charge < -0.3 is 16.0 Å². The van der Waals surface area contributed by atoms with Gasteiger partial charge in [-0.25, -0.2) is 4.39 Å². The molecule has 4 heteroatoms. The van der Waals surface area contributed by atoms with E-state index >= 15 is 0 Å². The molecule has 0 fully saturated rings. The van der Waals surface area contributed by atoms with Crippen LogP contribution in [0.5, 0.6) is 0 Å². The summed E-state index contributed by atoms with van der Waals surface area (Å²) in [6.07, 6.45) is 1.25. The smallest absolute Gasteiger partial charge is 0.146 e. The lowest BCUT2D eigenvalue weighted by Gasteiger charge is -2.13. The molecular formula is C14H14FN3. The fourth-order valence-corrected chi connectivity index (χ4v) is 1.76. The second kappa shape index (κ2) is 5.31. The van der Waals surface area contributed by atoms with Gasteiger partial charge in [-0.3, -0.25) is 0 Å². The van der Waals surface area contributed by atoms with Crippen LogP contribution >= 0.6 is 0 Å². The molecule has 0 aromatic heterocycles. The van der Waals surface area contributed by atoms with Crippen molar-refractivity contribution in [3.05, 3.63) is 53.8 Å². The van der Waals surface area contributed by atoms with Crippen molar-refractivity contribution in [1.82, 2.24) is 0 Å². The van der Waals surface area contributed by atoms with Crippen LogP contribution in [0.2, 0.25) is 0 Å². The van der Waals surface area contributed by atoms with E-state index in [9.17, 15) is 4.39 Å². The number of para-hydroxylation sites is 1. The van der Waals surface area contributed by atoms with Gasteiger partial charge in [0.2, 0.25) is 0 Å². The molecule has 92 valence electrons. The Labute approximate surface area is 105 Å². The topological polar surface area (TPSA) is 47.9 Å². The summed E-state index contributed by atoms with van der Waals surface area (Å²) in [5.41, 5.74) is 2.62. The van der Waals surface area contributed by atoms with Crippen LogP contribution in [0.4, 0.5) is 21.5 Å². The first kappa shape index (κ1) is 12.1. The minimum absolute atomic E-state index is 0.316. The Bertz CT molecular complexity index is 567. The first-order chi connectivity index (χ1) is 8.76. The van der Waals surface area contributed by atoms with Crippen molar-refractivity contribution < 1.29 is 4.39 Å². The van der Waals surface area contributed by atoms with Crippen molar-refractivity contribution in [2.24, 2.45) is 0 Å². The fourth-order valence-electron chi connectivity index (χ4n) is 1.76. The molecular weight excluding hydrogens is 229 g/mol. The molecule has 0 spiro atoms. The summed E-state index contributed by atoms with van der Waals surface area (Å²) in [6, 6.07) is 12.0. The van der Waals surface area contributed by atoms with Gasteiger partial charge in [-0.2, -0.15) is 0 Å². The van der Waals surface area contributed by atoms with E-state index in [2.05, 4.69) is 10.6 Å². The van der Waals surface area contributed by atoms with E-state index in [1.165, 1.54) is 12.3 Å². The number of rotatable bonds is 4. The van der Waals surface area contributed by atoms with Gasteiger partial charge in [0, 0.05) is 30.2 Å². The highest BCUT2D eigenvalue weighted by Crippen LogP contribution is 2.26. The van der Waals surface area contributed by atoms with E-state index in [0.717, 1.165) is 5.69 Å². The van der Waals surface area contributed by atoms with Crippen LogP contribution in [0, 0.1) is 11.2 Å². The summed E-state index contributed by atoms with van der Waals surface area (Å²) >= 11 is 0. The number of anilines is 3. The molecule has 0 saturated carbocycles. The Hall–Kier alpha value is -2.36. The van der Waals surface area contributed by atoms with Crippen molar-refractivity contribution in [1.29, 1.82) is 5.41 Å². The lowest BCUT2D eigenvalue weighted by molar-refractivity contribution is 0.632. The number of benzene rings is 2. The summed E-state index contributed by atoms with van der Waals surface area (Å²) in [7, 11) is 1.79. The highest BCUT2D eigenvalue weighted by molar-refractivity contribution is 5.94. The first-order valence-electron chi connectivity index (χ1n) is 5.59. The van der Waals surface area contributed by atoms with Gasteiger partial charge in [0.1, 0.15) is 5.82 Å². The maximum absolute atomic E-state index is 13.6.